The Labute approximate surface area is 177 Å². The van der Waals surface area contributed by atoms with Gasteiger partial charge in [-0.05, 0) is 30.9 Å². The molecule has 0 aliphatic carbocycles. The summed E-state index contributed by atoms with van der Waals surface area (Å²) in [5, 5.41) is 5.56. The molecule has 0 bridgehead atoms. The number of carbonyl (C=O) groups excluding carboxylic acids is 3. The predicted molar refractivity (Wildman–Crippen MR) is 113 cm³/mol. The van der Waals surface area contributed by atoms with Gasteiger partial charge in [0.05, 0.1) is 12.7 Å². The van der Waals surface area contributed by atoms with Crippen molar-refractivity contribution in [3.05, 3.63) is 35.4 Å². The van der Waals surface area contributed by atoms with E-state index in [-0.39, 0.29) is 24.5 Å². The fourth-order valence-corrected chi connectivity index (χ4v) is 4.08. The Morgan fingerprint density at radius 1 is 1.27 bits per heavy atom. The van der Waals surface area contributed by atoms with Crippen molar-refractivity contribution in [2.45, 2.75) is 58.3 Å². The molecule has 2 fully saturated rings. The van der Waals surface area contributed by atoms with E-state index in [0.717, 1.165) is 36.7 Å². The third kappa shape index (κ3) is 4.99. The molecule has 0 spiro atoms. The number of benzene rings is 1. The number of urea groups is 1. The Balaban J connectivity index is 1.52. The quantitative estimate of drug-likeness (QED) is 0.629. The van der Waals surface area contributed by atoms with E-state index in [1.54, 1.807) is 0 Å². The lowest BCUT2D eigenvalue weighted by molar-refractivity contribution is -0.135. The molecule has 164 valence electrons. The standard InChI is InChI=1S/C22H32N4O4/c1-4-22(5-2)20(28)26(21(29)24-22)15-19(27)23-12-17-7-6-8-18(11-17)14-25-9-10-30-16(3)13-25/h6-8,11,16H,4-5,9-10,12-15H2,1-3H3,(H,23,27)(H,24,29). The van der Waals surface area contributed by atoms with Gasteiger partial charge in [0.2, 0.25) is 5.91 Å². The van der Waals surface area contributed by atoms with Crippen LogP contribution in [-0.4, -0.2) is 65.5 Å². The second-order valence-electron chi connectivity index (χ2n) is 8.12. The van der Waals surface area contributed by atoms with E-state index in [1.807, 2.05) is 26.0 Å². The van der Waals surface area contributed by atoms with Gasteiger partial charge in [0.15, 0.2) is 0 Å². The first-order valence-corrected chi connectivity index (χ1v) is 10.7. The molecular weight excluding hydrogens is 384 g/mol. The van der Waals surface area contributed by atoms with Gasteiger partial charge < -0.3 is 15.4 Å². The molecule has 2 saturated heterocycles. The zero-order valence-corrected chi connectivity index (χ0v) is 18.1. The number of hydrogen-bond donors (Lipinski definition) is 2. The van der Waals surface area contributed by atoms with E-state index in [4.69, 9.17) is 4.74 Å². The highest BCUT2D eigenvalue weighted by Gasteiger charge is 2.49. The van der Waals surface area contributed by atoms with E-state index in [1.165, 1.54) is 5.56 Å². The molecule has 1 unspecified atom stereocenters. The van der Waals surface area contributed by atoms with Gasteiger partial charge in [-0.15, -0.1) is 0 Å². The van der Waals surface area contributed by atoms with Crippen LogP contribution in [0, 0.1) is 0 Å². The van der Waals surface area contributed by atoms with Gasteiger partial charge in [0, 0.05) is 26.2 Å². The molecule has 2 aliphatic heterocycles. The van der Waals surface area contributed by atoms with Crippen LogP contribution in [0.2, 0.25) is 0 Å². The zero-order chi connectivity index (χ0) is 21.7. The Morgan fingerprint density at radius 2 is 2.00 bits per heavy atom. The van der Waals surface area contributed by atoms with Crippen molar-refractivity contribution in [1.82, 2.24) is 20.4 Å². The molecule has 1 aromatic rings. The summed E-state index contributed by atoms with van der Waals surface area (Å²) < 4.78 is 5.59. The summed E-state index contributed by atoms with van der Waals surface area (Å²) in [7, 11) is 0. The Hall–Kier alpha value is -2.45. The topological polar surface area (TPSA) is 91.0 Å². The van der Waals surface area contributed by atoms with Crippen molar-refractivity contribution in [3.63, 3.8) is 0 Å². The molecule has 8 nitrogen and oxygen atoms in total. The highest BCUT2D eigenvalue weighted by atomic mass is 16.5. The first kappa shape index (κ1) is 22.2. The average molecular weight is 417 g/mol. The first-order valence-electron chi connectivity index (χ1n) is 10.7. The van der Waals surface area contributed by atoms with Crippen LogP contribution in [0.5, 0.6) is 0 Å². The molecule has 0 radical (unpaired) electrons. The molecule has 0 saturated carbocycles. The van der Waals surface area contributed by atoms with Crippen LogP contribution in [0.25, 0.3) is 0 Å². The Bertz CT molecular complexity index is 793. The van der Waals surface area contributed by atoms with Gasteiger partial charge in [0.1, 0.15) is 12.1 Å². The van der Waals surface area contributed by atoms with Gasteiger partial charge in [-0.1, -0.05) is 38.1 Å². The van der Waals surface area contributed by atoms with Crippen molar-refractivity contribution in [1.29, 1.82) is 0 Å². The van der Waals surface area contributed by atoms with E-state index in [9.17, 15) is 14.4 Å². The van der Waals surface area contributed by atoms with Crippen LogP contribution < -0.4 is 10.6 Å². The summed E-state index contributed by atoms with van der Waals surface area (Å²) in [4.78, 5) is 40.6. The number of rotatable bonds is 8. The van der Waals surface area contributed by atoms with E-state index < -0.39 is 11.6 Å². The monoisotopic (exact) mass is 416 g/mol. The second-order valence-corrected chi connectivity index (χ2v) is 8.12. The molecule has 3 rings (SSSR count). The van der Waals surface area contributed by atoms with E-state index in [2.05, 4.69) is 34.6 Å². The van der Waals surface area contributed by atoms with Crippen LogP contribution in [0.4, 0.5) is 4.79 Å². The maximum absolute atomic E-state index is 12.6. The Kier molecular flexibility index (Phi) is 7.10. The summed E-state index contributed by atoms with van der Waals surface area (Å²) in [6, 6.07) is 7.59. The van der Waals surface area contributed by atoms with E-state index >= 15 is 0 Å². The number of nitrogens with zero attached hydrogens (tertiary/aromatic N) is 2. The average Bonchev–Trinajstić information content (AvgIpc) is 2.97. The third-order valence-corrected chi connectivity index (χ3v) is 5.97. The first-order chi connectivity index (χ1) is 14.4. The van der Waals surface area contributed by atoms with Crippen molar-refractivity contribution >= 4 is 17.8 Å². The van der Waals surface area contributed by atoms with Crippen molar-refractivity contribution in [2.24, 2.45) is 0 Å². The fraction of sp³-hybridized carbons (Fsp3) is 0.591. The molecule has 2 aliphatic rings. The number of imide groups is 1. The van der Waals surface area contributed by atoms with E-state index in [0.29, 0.717) is 19.4 Å². The second kappa shape index (κ2) is 9.57. The number of ether oxygens (including phenoxy) is 1. The predicted octanol–water partition coefficient (Wildman–Crippen LogP) is 1.63. The fourth-order valence-electron chi connectivity index (χ4n) is 4.08. The maximum Gasteiger partial charge on any atom is 0.325 e. The molecule has 2 N–H and O–H groups in total. The van der Waals surface area contributed by atoms with Crippen LogP contribution in [0.15, 0.2) is 24.3 Å². The molecule has 0 aromatic heterocycles. The lowest BCUT2D eigenvalue weighted by Crippen LogP contribution is -2.46. The highest BCUT2D eigenvalue weighted by Crippen LogP contribution is 2.24. The van der Waals surface area contributed by atoms with Gasteiger partial charge in [-0.2, -0.15) is 0 Å². The molecule has 2 heterocycles. The number of carbonyl (C=O) groups is 3. The van der Waals surface area contributed by atoms with Crippen LogP contribution >= 0.6 is 0 Å². The molecular formula is C22H32N4O4. The number of amides is 4. The lowest BCUT2D eigenvalue weighted by atomic mass is 9.93. The highest BCUT2D eigenvalue weighted by molar-refractivity contribution is 6.08. The summed E-state index contributed by atoms with van der Waals surface area (Å²) in [5.41, 5.74) is 1.28. The maximum atomic E-state index is 12.6. The van der Waals surface area contributed by atoms with Crippen molar-refractivity contribution in [2.75, 3.05) is 26.2 Å². The lowest BCUT2D eigenvalue weighted by Gasteiger charge is -2.31. The molecule has 8 heteroatoms. The molecule has 1 aromatic carbocycles. The zero-order valence-electron chi connectivity index (χ0n) is 18.1. The number of nitrogens with one attached hydrogen (secondary N) is 2. The summed E-state index contributed by atoms with van der Waals surface area (Å²) >= 11 is 0. The SMILES string of the molecule is CCC1(CC)NC(=O)N(CC(=O)NCc2cccc(CN3CCOC(C)C3)c2)C1=O. The number of morpholine rings is 1. The minimum Gasteiger partial charge on any atom is -0.376 e. The van der Waals surface area contributed by atoms with Crippen LogP contribution in [-0.2, 0) is 27.4 Å². The Morgan fingerprint density at radius 3 is 2.67 bits per heavy atom. The van der Waals surface area contributed by atoms with Gasteiger partial charge in [-0.3, -0.25) is 19.4 Å². The molecule has 1 atom stereocenters. The summed E-state index contributed by atoms with van der Waals surface area (Å²) in [6.07, 6.45) is 1.24. The smallest absolute Gasteiger partial charge is 0.325 e. The van der Waals surface area contributed by atoms with Crippen molar-refractivity contribution < 1.29 is 19.1 Å². The summed E-state index contributed by atoms with van der Waals surface area (Å²) in [6.45, 7) is 9.28. The minimum absolute atomic E-state index is 0.242. The minimum atomic E-state index is -0.886. The largest absolute Gasteiger partial charge is 0.376 e. The van der Waals surface area contributed by atoms with Crippen LogP contribution in [0.1, 0.15) is 44.7 Å². The van der Waals surface area contributed by atoms with Gasteiger partial charge >= 0.3 is 6.03 Å². The number of hydrogen-bond acceptors (Lipinski definition) is 5. The van der Waals surface area contributed by atoms with Crippen molar-refractivity contribution in [3.8, 4) is 0 Å². The van der Waals surface area contributed by atoms with Crippen LogP contribution in [0.3, 0.4) is 0 Å². The van der Waals surface area contributed by atoms with Gasteiger partial charge in [0.25, 0.3) is 5.91 Å². The normalized spacial score (nSPS) is 21.6. The third-order valence-electron chi connectivity index (χ3n) is 5.97. The molecule has 4 amide bonds. The molecule has 30 heavy (non-hydrogen) atoms. The van der Waals surface area contributed by atoms with Gasteiger partial charge in [-0.25, -0.2) is 4.79 Å². The summed E-state index contributed by atoms with van der Waals surface area (Å²) in [5.74, 6) is -0.677.